The first-order valence-electron chi connectivity index (χ1n) is 9.26. The molecule has 1 aliphatic heterocycles. The van der Waals surface area contributed by atoms with Crippen LogP contribution in [0.4, 0.5) is 0 Å². The predicted octanol–water partition coefficient (Wildman–Crippen LogP) is 3.39. The summed E-state index contributed by atoms with van der Waals surface area (Å²) in [7, 11) is 1.62. The molecule has 3 rings (SSSR count). The lowest BCUT2D eigenvalue weighted by Gasteiger charge is -2.37. The van der Waals surface area contributed by atoms with E-state index in [2.05, 4.69) is 0 Å². The normalized spacial score (nSPS) is 26.1. The largest absolute Gasteiger partial charge is 0.497 e. The molecule has 1 heterocycles. The van der Waals surface area contributed by atoms with Gasteiger partial charge in [-0.05, 0) is 53.8 Å². The standard InChI is InChI=1S/C22H25ClO5/c1-3-4-18-19(24)20(25)21(26)22(28-18)14-7-10-17(23)15(12-14)11-13-5-8-16(27-2)9-6-13/h4-10,12,19-22,24-26H,3,11H2,1-2H3/b18-4-/t19-,20+,21-,22+/m1/s1. The van der Waals surface area contributed by atoms with Gasteiger partial charge in [0.15, 0.2) is 6.10 Å². The van der Waals surface area contributed by atoms with Gasteiger partial charge in [0, 0.05) is 5.02 Å². The third-order valence-electron chi connectivity index (χ3n) is 4.90. The summed E-state index contributed by atoms with van der Waals surface area (Å²) in [5.41, 5.74) is 2.63. The molecule has 28 heavy (non-hydrogen) atoms. The van der Waals surface area contributed by atoms with Gasteiger partial charge in [0.05, 0.1) is 7.11 Å². The number of ether oxygens (including phenoxy) is 2. The zero-order valence-corrected chi connectivity index (χ0v) is 16.6. The first-order chi connectivity index (χ1) is 13.4. The van der Waals surface area contributed by atoms with E-state index in [9.17, 15) is 15.3 Å². The second-order valence-electron chi connectivity index (χ2n) is 6.85. The van der Waals surface area contributed by atoms with Gasteiger partial charge in [-0.2, -0.15) is 0 Å². The highest BCUT2D eigenvalue weighted by molar-refractivity contribution is 6.31. The Kier molecular flexibility index (Phi) is 6.62. The number of hydrogen-bond donors (Lipinski definition) is 3. The van der Waals surface area contributed by atoms with Crippen molar-refractivity contribution in [2.24, 2.45) is 0 Å². The van der Waals surface area contributed by atoms with Gasteiger partial charge in [0.1, 0.15) is 29.8 Å². The molecule has 1 aliphatic rings. The number of halogens is 1. The molecule has 0 amide bonds. The van der Waals surface area contributed by atoms with Crippen LogP contribution < -0.4 is 4.74 Å². The van der Waals surface area contributed by atoms with Crippen LogP contribution in [0.2, 0.25) is 5.02 Å². The minimum atomic E-state index is -1.32. The molecule has 5 nitrogen and oxygen atoms in total. The van der Waals surface area contributed by atoms with E-state index >= 15 is 0 Å². The highest BCUT2D eigenvalue weighted by atomic mass is 35.5. The monoisotopic (exact) mass is 404 g/mol. The number of benzene rings is 2. The van der Waals surface area contributed by atoms with Crippen LogP contribution in [0, 0.1) is 0 Å². The summed E-state index contributed by atoms with van der Waals surface area (Å²) in [4.78, 5) is 0. The topological polar surface area (TPSA) is 79.2 Å². The summed E-state index contributed by atoms with van der Waals surface area (Å²) >= 11 is 6.38. The number of rotatable bonds is 5. The minimum absolute atomic E-state index is 0.275. The first-order valence-corrected chi connectivity index (χ1v) is 9.64. The summed E-state index contributed by atoms with van der Waals surface area (Å²) < 4.78 is 11.0. The van der Waals surface area contributed by atoms with E-state index in [-0.39, 0.29) is 5.76 Å². The first kappa shape index (κ1) is 20.7. The summed E-state index contributed by atoms with van der Waals surface area (Å²) in [5.74, 6) is 1.06. The summed E-state index contributed by atoms with van der Waals surface area (Å²) in [6, 6.07) is 13.1. The predicted molar refractivity (Wildman–Crippen MR) is 107 cm³/mol. The van der Waals surface area contributed by atoms with Gasteiger partial charge in [0.25, 0.3) is 0 Å². The highest BCUT2D eigenvalue weighted by Gasteiger charge is 2.41. The van der Waals surface area contributed by atoms with Crippen LogP contribution in [0.3, 0.4) is 0 Å². The van der Waals surface area contributed by atoms with Crippen molar-refractivity contribution in [3.8, 4) is 5.75 Å². The average Bonchev–Trinajstić information content (AvgIpc) is 2.71. The molecular formula is C22H25ClO5. The SMILES string of the molecule is CC/C=C1\O[C@@H](c2ccc(Cl)c(Cc3ccc(OC)cc3)c2)[C@H](O)[C@@H](O)[C@@H]1O. The number of aliphatic hydroxyl groups is 3. The fraction of sp³-hybridized carbons (Fsp3) is 0.364. The van der Waals surface area contributed by atoms with E-state index < -0.39 is 24.4 Å². The molecule has 2 aromatic carbocycles. The Morgan fingerprint density at radius 3 is 2.43 bits per heavy atom. The fourth-order valence-electron chi connectivity index (χ4n) is 3.33. The average molecular weight is 405 g/mol. The molecule has 0 aromatic heterocycles. The maximum atomic E-state index is 10.4. The maximum absolute atomic E-state index is 10.4. The van der Waals surface area contributed by atoms with Gasteiger partial charge in [-0.15, -0.1) is 0 Å². The van der Waals surface area contributed by atoms with E-state index in [1.807, 2.05) is 37.3 Å². The zero-order chi connectivity index (χ0) is 20.3. The van der Waals surface area contributed by atoms with Crippen molar-refractivity contribution < 1.29 is 24.8 Å². The number of aliphatic hydroxyl groups excluding tert-OH is 3. The quantitative estimate of drug-likeness (QED) is 0.712. The summed E-state index contributed by atoms with van der Waals surface area (Å²) in [6.45, 7) is 1.91. The van der Waals surface area contributed by atoms with Crippen LogP contribution in [0.25, 0.3) is 0 Å². The van der Waals surface area contributed by atoms with E-state index in [0.717, 1.165) is 16.9 Å². The lowest BCUT2D eigenvalue weighted by Crippen LogP contribution is -2.47. The molecule has 0 saturated carbocycles. The van der Waals surface area contributed by atoms with Crippen LogP contribution in [0.15, 0.2) is 54.3 Å². The zero-order valence-electron chi connectivity index (χ0n) is 15.9. The van der Waals surface area contributed by atoms with Crippen molar-refractivity contribution in [1.29, 1.82) is 0 Å². The summed E-state index contributed by atoms with van der Waals surface area (Å²) in [5, 5.41) is 31.4. The Balaban J connectivity index is 1.88. The lowest BCUT2D eigenvalue weighted by molar-refractivity contribution is -0.157. The molecule has 1 saturated heterocycles. The van der Waals surface area contributed by atoms with Crippen molar-refractivity contribution in [3.05, 3.63) is 76.0 Å². The summed E-state index contributed by atoms with van der Waals surface area (Å²) in [6.07, 6.45) is -1.65. The molecule has 0 aliphatic carbocycles. The van der Waals surface area contributed by atoms with Gasteiger partial charge in [-0.1, -0.05) is 42.8 Å². The molecule has 0 spiro atoms. The number of allylic oxidation sites excluding steroid dienone is 1. The van der Waals surface area contributed by atoms with Gasteiger partial charge in [-0.25, -0.2) is 0 Å². The van der Waals surface area contributed by atoms with Crippen molar-refractivity contribution in [2.45, 2.75) is 44.2 Å². The molecule has 0 bridgehead atoms. The minimum Gasteiger partial charge on any atom is -0.497 e. The fourth-order valence-corrected chi connectivity index (χ4v) is 3.51. The van der Waals surface area contributed by atoms with E-state index in [1.165, 1.54) is 0 Å². The molecule has 1 fully saturated rings. The Hall–Kier alpha value is -2.05. The Labute approximate surface area is 169 Å². The van der Waals surface area contributed by atoms with Gasteiger partial charge in [0.2, 0.25) is 0 Å². The van der Waals surface area contributed by atoms with E-state index in [4.69, 9.17) is 21.1 Å². The lowest BCUT2D eigenvalue weighted by atomic mass is 9.91. The second-order valence-corrected chi connectivity index (χ2v) is 7.26. The van der Waals surface area contributed by atoms with E-state index in [0.29, 0.717) is 23.4 Å². The van der Waals surface area contributed by atoms with Crippen LogP contribution in [-0.4, -0.2) is 40.7 Å². The second kappa shape index (κ2) is 8.97. The molecule has 150 valence electrons. The van der Waals surface area contributed by atoms with E-state index in [1.54, 1.807) is 25.3 Å². The Bertz CT molecular complexity index is 833. The van der Waals surface area contributed by atoms with Crippen LogP contribution in [-0.2, 0) is 11.2 Å². The number of hydrogen-bond acceptors (Lipinski definition) is 5. The molecule has 6 heteroatoms. The molecule has 4 atom stereocenters. The van der Waals surface area contributed by atoms with Crippen LogP contribution in [0.1, 0.15) is 36.1 Å². The Morgan fingerprint density at radius 1 is 1.07 bits per heavy atom. The highest BCUT2D eigenvalue weighted by Crippen LogP contribution is 2.36. The third kappa shape index (κ3) is 4.33. The van der Waals surface area contributed by atoms with Gasteiger partial charge in [-0.3, -0.25) is 0 Å². The Morgan fingerprint density at radius 2 is 1.79 bits per heavy atom. The van der Waals surface area contributed by atoms with Crippen molar-refractivity contribution in [3.63, 3.8) is 0 Å². The van der Waals surface area contributed by atoms with Gasteiger partial charge >= 0.3 is 0 Å². The molecule has 0 unspecified atom stereocenters. The third-order valence-corrected chi connectivity index (χ3v) is 5.26. The molecular weight excluding hydrogens is 380 g/mol. The molecule has 0 radical (unpaired) electrons. The maximum Gasteiger partial charge on any atom is 0.152 e. The molecule has 3 N–H and O–H groups in total. The van der Waals surface area contributed by atoms with Crippen LogP contribution in [0.5, 0.6) is 5.75 Å². The van der Waals surface area contributed by atoms with Crippen molar-refractivity contribution in [2.75, 3.05) is 7.11 Å². The van der Waals surface area contributed by atoms with Crippen LogP contribution >= 0.6 is 11.6 Å². The smallest absolute Gasteiger partial charge is 0.152 e. The van der Waals surface area contributed by atoms with Crippen molar-refractivity contribution in [1.82, 2.24) is 0 Å². The van der Waals surface area contributed by atoms with Gasteiger partial charge < -0.3 is 24.8 Å². The number of methoxy groups -OCH3 is 1. The molecule has 2 aromatic rings. The van der Waals surface area contributed by atoms with Crippen molar-refractivity contribution >= 4 is 11.6 Å².